The number of hydrogen-bond acceptors (Lipinski definition) is 5. The molecule has 2 atom stereocenters. The summed E-state index contributed by atoms with van der Waals surface area (Å²) in [5, 5.41) is 0. The molecule has 1 amide bonds. The average molecular weight is 543 g/mol. The molecule has 2 aromatic rings. The van der Waals surface area contributed by atoms with E-state index in [1.807, 2.05) is 57.2 Å². The molecule has 1 aliphatic rings. The van der Waals surface area contributed by atoms with Gasteiger partial charge in [-0.1, -0.05) is 81.4 Å². The first-order valence-corrected chi connectivity index (χ1v) is 15.8. The van der Waals surface area contributed by atoms with Gasteiger partial charge in [-0.25, -0.2) is 0 Å². The molecule has 1 aliphatic heterocycles. The normalized spacial score (nSPS) is 19.2. The fourth-order valence-corrected chi connectivity index (χ4v) is 5.23. The minimum atomic E-state index is -1.39. The van der Waals surface area contributed by atoms with E-state index in [2.05, 4.69) is 62.4 Å². The molecule has 0 unspecified atom stereocenters. The van der Waals surface area contributed by atoms with Crippen molar-refractivity contribution in [3.63, 3.8) is 0 Å². The van der Waals surface area contributed by atoms with Crippen LogP contribution in [0.1, 0.15) is 59.1 Å². The highest BCUT2D eigenvalue weighted by Crippen LogP contribution is 2.54. The Bertz CT molecular complexity index is 1020. The van der Waals surface area contributed by atoms with Gasteiger partial charge >= 0.3 is 5.97 Å². The molecular weight excluding hydrogens is 496 g/mol. The largest absolute Gasteiger partial charge is 0.459 e. The van der Waals surface area contributed by atoms with Crippen molar-refractivity contribution in [2.24, 2.45) is 0 Å². The second-order valence-corrected chi connectivity index (χ2v) is 16.4. The van der Waals surface area contributed by atoms with E-state index in [0.717, 1.165) is 11.1 Å². The fourth-order valence-electron chi connectivity index (χ4n) is 4.38. The van der Waals surface area contributed by atoms with Crippen LogP contribution in [-0.4, -0.2) is 69.8 Å². The summed E-state index contributed by atoms with van der Waals surface area (Å²) in [6.45, 7) is 13.7. The van der Waals surface area contributed by atoms with Gasteiger partial charge < -0.3 is 13.8 Å². The van der Waals surface area contributed by atoms with Crippen molar-refractivity contribution >= 4 is 22.2 Å². The monoisotopic (exact) mass is 542 g/mol. The Kier molecular flexibility index (Phi) is 9.71. The van der Waals surface area contributed by atoms with Crippen molar-refractivity contribution in [3.8, 4) is 0 Å². The lowest BCUT2D eigenvalue weighted by atomic mass is 10.1. The maximum atomic E-state index is 14.0. The van der Waals surface area contributed by atoms with Crippen LogP contribution in [0.25, 0.3) is 0 Å². The third-order valence-electron chi connectivity index (χ3n) is 7.15. The molecule has 0 aliphatic carbocycles. The second-order valence-electron chi connectivity index (χ2n) is 12.5. The van der Waals surface area contributed by atoms with Gasteiger partial charge in [0.15, 0.2) is 0 Å². The third-order valence-corrected chi connectivity index (χ3v) is 10.8. The zero-order valence-corrected chi connectivity index (χ0v) is 25.2. The topological polar surface area (TPSA) is 59.1 Å². The van der Waals surface area contributed by atoms with Gasteiger partial charge in [0.05, 0.1) is 18.7 Å². The fraction of sp³-hybridized carbons (Fsp3) is 0.548. The molecule has 6 nitrogen and oxygen atoms in total. The summed E-state index contributed by atoms with van der Waals surface area (Å²) in [4.78, 5) is 30.8. The zero-order chi connectivity index (χ0) is 28.1. The molecule has 1 fully saturated rings. The summed E-state index contributed by atoms with van der Waals surface area (Å²) in [6.07, 6.45) is 4.92. The van der Waals surface area contributed by atoms with Crippen molar-refractivity contribution in [1.29, 1.82) is 0 Å². The molecule has 0 N–H and O–H groups in total. The SMILES string of the molecule is CC(C)(C)OC(=O)CN1C(=O)[C@@H](N(Cc2ccccc2)Cc2ccccc2)C[C@H]1COS(C)(C)C(C)(C)C. The maximum absolute atomic E-state index is 14.0. The molecule has 0 spiro atoms. The summed E-state index contributed by atoms with van der Waals surface area (Å²) < 4.78 is 12.1. The molecule has 210 valence electrons. The molecule has 0 radical (unpaired) electrons. The van der Waals surface area contributed by atoms with Crippen LogP contribution in [-0.2, 0) is 31.6 Å². The molecular formula is C31H46N2O4S. The lowest BCUT2D eigenvalue weighted by molar-refractivity contribution is -0.159. The van der Waals surface area contributed by atoms with Gasteiger partial charge in [-0.2, -0.15) is 0 Å². The van der Waals surface area contributed by atoms with E-state index in [0.29, 0.717) is 26.1 Å². The van der Waals surface area contributed by atoms with Crippen molar-refractivity contribution in [3.05, 3.63) is 71.8 Å². The molecule has 0 saturated carbocycles. The maximum Gasteiger partial charge on any atom is 0.326 e. The number of esters is 1. The average Bonchev–Trinajstić information content (AvgIpc) is 3.12. The highest BCUT2D eigenvalue weighted by molar-refractivity contribution is 8.29. The second kappa shape index (κ2) is 12.2. The molecule has 7 heteroatoms. The number of hydrogen-bond donors (Lipinski definition) is 0. The van der Waals surface area contributed by atoms with Gasteiger partial charge in [-0.05, 0) is 50.8 Å². The first-order chi connectivity index (χ1) is 17.7. The number of amides is 1. The predicted molar refractivity (Wildman–Crippen MR) is 157 cm³/mol. The predicted octanol–water partition coefficient (Wildman–Crippen LogP) is 5.79. The van der Waals surface area contributed by atoms with Gasteiger partial charge in [0.1, 0.15) is 12.1 Å². The van der Waals surface area contributed by atoms with Gasteiger partial charge in [0.2, 0.25) is 5.91 Å². The molecule has 1 heterocycles. The van der Waals surface area contributed by atoms with Gasteiger partial charge in [-0.15, -0.1) is 10.3 Å². The summed E-state index contributed by atoms with van der Waals surface area (Å²) in [5.74, 6) is -0.434. The quantitative estimate of drug-likeness (QED) is 0.356. The minimum absolute atomic E-state index is 0.00232. The van der Waals surface area contributed by atoms with Gasteiger partial charge in [0.25, 0.3) is 0 Å². The van der Waals surface area contributed by atoms with Gasteiger partial charge in [-0.3, -0.25) is 14.5 Å². The van der Waals surface area contributed by atoms with Crippen LogP contribution in [0.15, 0.2) is 60.7 Å². The Labute approximate surface area is 231 Å². The zero-order valence-electron chi connectivity index (χ0n) is 24.4. The summed E-state index contributed by atoms with van der Waals surface area (Å²) in [5.41, 5.74) is 1.68. The number of carbonyl (C=O) groups excluding carboxylic acids is 2. The molecule has 1 saturated heterocycles. The van der Waals surface area contributed by atoms with Crippen LogP contribution in [0.3, 0.4) is 0 Å². The van der Waals surface area contributed by atoms with Crippen LogP contribution in [0.5, 0.6) is 0 Å². The minimum Gasteiger partial charge on any atom is -0.459 e. The third kappa shape index (κ3) is 8.32. The Morgan fingerprint density at radius 1 is 0.921 bits per heavy atom. The van der Waals surface area contributed by atoms with Crippen LogP contribution >= 0.6 is 10.3 Å². The van der Waals surface area contributed by atoms with Crippen LogP contribution in [0.4, 0.5) is 0 Å². The van der Waals surface area contributed by atoms with Crippen molar-refractivity contribution < 1.29 is 18.5 Å². The number of rotatable bonds is 10. The Hall–Kier alpha value is -2.35. The number of nitrogens with zero attached hydrogens (tertiary/aromatic N) is 2. The molecule has 2 aromatic carbocycles. The molecule has 0 aromatic heterocycles. The Morgan fingerprint density at radius 3 is 1.87 bits per heavy atom. The number of carbonyl (C=O) groups is 2. The van der Waals surface area contributed by atoms with E-state index in [-0.39, 0.29) is 29.3 Å². The molecule has 38 heavy (non-hydrogen) atoms. The van der Waals surface area contributed by atoms with E-state index in [1.165, 1.54) is 0 Å². The number of likely N-dealkylation sites (tertiary alicyclic amines) is 1. The van der Waals surface area contributed by atoms with E-state index < -0.39 is 21.9 Å². The van der Waals surface area contributed by atoms with Crippen LogP contribution in [0.2, 0.25) is 0 Å². The Morgan fingerprint density at radius 2 is 1.42 bits per heavy atom. The number of benzene rings is 2. The van der Waals surface area contributed by atoms with E-state index in [1.54, 1.807) is 4.90 Å². The van der Waals surface area contributed by atoms with Crippen molar-refractivity contribution in [2.75, 3.05) is 25.7 Å². The van der Waals surface area contributed by atoms with E-state index in [9.17, 15) is 9.59 Å². The lowest BCUT2D eigenvalue weighted by Gasteiger charge is -2.44. The summed E-state index contributed by atoms with van der Waals surface area (Å²) >= 11 is 0. The van der Waals surface area contributed by atoms with E-state index in [4.69, 9.17) is 8.92 Å². The standard InChI is InChI=1S/C31H46N2O4S/c1-30(2,3)37-28(34)22-33-26(23-36-38(7,8)31(4,5)6)19-27(29(33)35)32(20-24-15-11-9-12-16-24)21-25-17-13-10-14-18-25/h9-18,26-27H,19-23H2,1-8H3/t26-,27-/m0/s1. The number of ether oxygens (including phenoxy) is 1. The van der Waals surface area contributed by atoms with Gasteiger partial charge in [0, 0.05) is 17.8 Å². The molecule has 0 bridgehead atoms. The summed E-state index contributed by atoms with van der Waals surface area (Å²) in [6, 6.07) is 19.9. The highest BCUT2D eigenvalue weighted by atomic mass is 32.3. The van der Waals surface area contributed by atoms with E-state index >= 15 is 0 Å². The highest BCUT2D eigenvalue weighted by Gasteiger charge is 2.44. The van der Waals surface area contributed by atoms with Crippen LogP contribution in [0, 0.1) is 0 Å². The molecule has 3 rings (SSSR count). The smallest absolute Gasteiger partial charge is 0.326 e. The van der Waals surface area contributed by atoms with Crippen molar-refractivity contribution in [1.82, 2.24) is 9.80 Å². The first kappa shape index (κ1) is 30.2. The lowest BCUT2D eigenvalue weighted by Crippen LogP contribution is -2.45. The van der Waals surface area contributed by atoms with Crippen molar-refractivity contribution in [2.45, 2.75) is 83.5 Å². The first-order valence-electron chi connectivity index (χ1n) is 13.4. The summed E-state index contributed by atoms with van der Waals surface area (Å²) in [7, 11) is -1.39. The van der Waals surface area contributed by atoms with Crippen LogP contribution < -0.4 is 0 Å². The Balaban J connectivity index is 1.88.